The molecule has 0 radical (unpaired) electrons. The van der Waals surface area contributed by atoms with Gasteiger partial charge in [0.15, 0.2) is 0 Å². The summed E-state index contributed by atoms with van der Waals surface area (Å²) in [6, 6.07) is 5.46. The molecule has 4 heteroatoms. The molecule has 2 rings (SSSR count). The van der Waals surface area contributed by atoms with Crippen molar-refractivity contribution in [2.75, 3.05) is 0 Å². The van der Waals surface area contributed by atoms with Crippen LogP contribution in [0.5, 0.6) is 0 Å². The van der Waals surface area contributed by atoms with E-state index in [2.05, 4.69) is 4.98 Å². The molecule has 4 nitrogen and oxygen atoms in total. The minimum atomic E-state index is -0.163. The zero-order valence-electron chi connectivity index (χ0n) is 9.23. The number of aromatic nitrogens is 2. The van der Waals surface area contributed by atoms with E-state index >= 15 is 0 Å². The number of benzene rings is 1. The van der Waals surface area contributed by atoms with Gasteiger partial charge < -0.3 is 0 Å². The molecule has 0 fully saturated rings. The Kier molecular flexibility index (Phi) is 2.56. The van der Waals surface area contributed by atoms with Gasteiger partial charge in [0, 0.05) is 0 Å². The molecule has 0 aliphatic carbocycles. The molecule has 1 aromatic carbocycles. The van der Waals surface area contributed by atoms with Crippen LogP contribution in [-0.2, 0) is 11.3 Å². The van der Waals surface area contributed by atoms with Crippen molar-refractivity contribution in [2.24, 2.45) is 0 Å². The minimum Gasteiger partial charge on any atom is -0.298 e. The van der Waals surface area contributed by atoms with Crippen LogP contribution >= 0.6 is 0 Å². The lowest BCUT2D eigenvalue weighted by Crippen LogP contribution is -2.23. The second kappa shape index (κ2) is 3.89. The van der Waals surface area contributed by atoms with Crippen LogP contribution in [0.2, 0.25) is 0 Å². The summed E-state index contributed by atoms with van der Waals surface area (Å²) in [5.41, 5.74) is 1.50. The Morgan fingerprint density at radius 2 is 2.19 bits per heavy atom. The number of hydrogen-bond donors (Lipinski definition) is 0. The van der Waals surface area contributed by atoms with Crippen molar-refractivity contribution >= 4 is 16.7 Å². The molecule has 0 saturated carbocycles. The van der Waals surface area contributed by atoms with Gasteiger partial charge in [0.25, 0.3) is 5.56 Å². The number of aryl methyl sites for hydroxylation is 1. The third kappa shape index (κ3) is 1.74. The zero-order chi connectivity index (χ0) is 11.7. The number of ketones is 1. The van der Waals surface area contributed by atoms with E-state index in [-0.39, 0.29) is 17.9 Å². The summed E-state index contributed by atoms with van der Waals surface area (Å²) in [7, 11) is 0. The first-order chi connectivity index (χ1) is 7.59. The number of para-hydroxylation sites is 1. The summed E-state index contributed by atoms with van der Waals surface area (Å²) in [6.07, 6.45) is 1.43. The number of carbonyl (C=O) groups is 1. The van der Waals surface area contributed by atoms with Crippen LogP contribution in [0.15, 0.2) is 29.3 Å². The maximum absolute atomic E-state index is 12.0. The van der Waals surface area contributed by atoms with Crippen LogP contribution < -0.4 is 5.56 Å². The van der Waals surface area contributed by atoms with Crippen LogP contribution in [0.25, 0.3) is 10.9 Å². The fourth-order valence-electron chi connectivity index (χ4n) is 1.69. The van der Waals surface area contributed by atoms with Gasteiger partial charge in [0.1, 0.15) is 5.78 Å². The molecule has 0 bridgehead atoms. The highest BCUT2D eigenvalue weighted by Crippen LogP contribution is 2.10. The van der Waals surface area contributed by atoms with Crippen molar-refractivity contribution in [3.8, 4) is 0 Å². The van der Waals surface area contributed by atoms with Gasteiger partial charge in [-0.15, -0.1) is 0 Å². The van der Waals surface area contributed by atoms with E-state index in [1.54, 1.807) is 6.07 Å². The Balaban J connectivity index is 2.71. The van der Waals surface area contributed by atoms with Crippen molar-refractivity contribution in [2.45, 2.75) is 20.4 Å². The highest BCUT2D eigenvalue weighted by atomic mass is 16.1. The van der Waals surface area contributed by atoms with E-state index < -0.39 is 0 Å². The summed E-state index contributed by atoms with van der Waals surface area (Å²) in [5.74, 6) is -0.0593. The zero-order valence-corrected chi connectivity index (χ0v) is 9.23. The van der Waals surface area contributed by atoms with Crippen LogP contribution in [0.3, 0.4) is 0 Å². The topological polar surface area (TPSA) is 52.0 Å². The number of fused-ring (bicyclic) bond motifs is 1. The van der Waals surface area contributed by atoms with Crippen LogP contribution in [0.4, 0.5) is 0 Å². The molecule has 82 valence electrons. The second-order valence-corrected chi connectivity index (χ2v) is 3.85. The normalized spacial score (nSPS) is 10.6. The number of hydrogen-bond acceptors (Lipinski definition) is 3. The van der Waals surface area contributed by atoms with Gasteiger partial charge in [-0.3, -0.25) is 14.2 Å². The SMILES string of the molecule is CC(=O)Cn1cnc2c(C)cccc2c1=O. The molecule has 0 amide bonds. The molecule has 0 saturated heterocycles. The van der Waals surface area contributed by atoms with Gasteiger partial charge in [0.05, 0.1) is 23.8 Å². The number of nitrogens with zero attached hydrogens (tertiary/aromatic N) is 2. The lowest BCUT2D eigenvalue weighted by atomic mass is 10.1. The van der Waals surface area contributed by atoms with E-state index in [4.69, 9.17) is 0 Å². The maximum Gasteiger partial charge on any atom is 0.261 e. The quantitative estimate of drug-likeness (QED) is 0.760. The van der Waals surface area contributed by atoms with E-state index in [0.29, 0.717) is 10.9 Å². The Morgan fingerprint density at radius 1 is 1.44 bits per heavy atom. The Bertz CT molecular complexity index is 614. The first-order valence-corrected chi connectivity index (χ1v) is 5.04. The molecule has 0 unspecified atom stereocenters. The summed E-state index contributed by atoms with van der Waals surface area (Å²) in [6.45, 7) is 3.44. The Labute approximate surface area is 92.5 Å². The summed E-state index contributed by atoms with van der Waals surface area (Å²) in [5, 5.41) is 0.559. The van der Waals surface area contributed by atoms with E-state index in [0.717, 1.165) is 5.56 Å². The van der Waals surface area contributed by atoms with Crippen LogP contribution in [-0.4, -0.2) is 15.3 Å². The van der Waals surface area contributed by atoms with Gasteiger partial charge in [-0.1, -0.05) is 12.1 Å². The van der Waals surface area contributed by atoms with E-state index in [1.165, 1.54) is 17.8 Å². The van der Waals surface area contributed by atoms with E-state index in [1.807, 2.05) is 19.1 Å². The Morgan fingerprint density at radius 3 is 2.88 bits per heavy atom. The van der Waals surface area contributed by atoms with Crippen molar-refractivity contribution < 1.29 is 4.79 Å². The smallest absolute Gasteiger partial charge is 0.261 e. The predicted octanol–water partition coefficient (Wildman–Crippen LogP) is 1.29. The molecule has 0 spiro atoms. The number of carbonyl (C=O) groups excluding carboxylic acids is 1. The maximum atomic E-state index is 12.0. The molecule has 1 aromatic heterocycles. The highest BCUT2D eigenvalue weighted by Gasteiger charge is 2.06. The average molecular weight is 216 g/mol. The van der Waals surface area contributed by atoms with Crippen molar-refractivity contribution in [1.29, 1.82) is 0 Å². The molecule has 0 aliphatic heterocycles. The largest absolute Gasteiger partial charge is 0.298 e. The molecular formula is C12H12N2O2. The fourth-order valence-corrected chi connectivity index (χ4v) is 1.69. The molecular weight excluding hydrogens is 204 g/mol. The molecule has 0 N–H and O–H groups in total. The first kappa shape index (κ1) is 10.5. The summed E-state index contributed by atoms with van der Waals surface area (Å²) >= 11 is 0. The van der Waals surface area contributed by atoms with Gasteiger partial charge >= 0.3 is 0 Å². The van der Waals surface area contributed by atoms with Crippen molar-refractivity contribution in [3.05, 3.63) is 40.4 Å². The van der Waals surface area contributed by atoms with E-state index in [9.17, 15) is 9.59 Å². The fraction of sp³-hybridized carbons (Fsp3) is 0.250. The lowest BCUT2D eigenvalue weighted by molar-refractivity contribution is -0.117. The van der Waals surface area contributed by atoms with Gasteiger partial charge in [0.2, 0.25) is 0 Å². The highest BCUT2D eigenvalue weighted by molar-refractivity contribution is 5.81. The van der Waals surface area contributed by atoms with Crippen LogP contribution in [0.1, 0.15) is 12.5 Å². The molecule has 2 aromatic rings. The van der Waals surface area contributed by atoms with Crippen LogP contribution in [0, 0.1) is 6.92 Å². The van der Waals surface area contributed by atoms with Crippen molar-refractivity contribution in [1.82, 2.24) is 9.55 Å². The summed E-state index contributed by atoms with van der Waals surface area (Å²) < 4.78 is 1.34. The molecule has 0 atom stereocenters. The summed E-state index contributed by atoms with van der Waals surface area (Å²) in [4.78, 5) is 27.2. The third-order valence-corrected chi connectivity index (χ3v) is 2.45. The lowest BCUT2D eigenvalue weighted by Gasteiger charge is -2.05. The molecule has 0 aliphatic rings. The van der Waals surface area contributed by atoms with Crippen molar-refractivity contribution in [3.63, 3.8) is 0 Å². The minimum absolute atomic E-state index is 0.0593. The van der Waals surface area contributed by atoms with Gasteiger partial charge in [-0.25, -0.2) is 4.98 Å². The molecule has 16 heavy (non-hydrogen) atoms. The van der Waals surface area contributed by atoms with Gasteiger partial charge in [-0.2, -0.15) is 0 Å². The molecule has 1 heterocycles. The Hall–Kier alpha value is -1.97. The second-order valence-electron chi connectivity index (χ2n) is 3.85. The van der Waals surface area contributed by atoms with Gasteiger partial charge in [-0.05, 0) is 25.5 Å². The monoisotopic (exact) mass is 216 g/mol. The number of rotatable bonds is 2. The first-order valence-electron chi connectivity index (χ1n) is 5.04. The number of Topliss-reactive ketones (excluding diaryl/α,β-unsaturated/α-hetero) is 1. The predicted molar refractivity (Wildman–Crippen MR) is 61.4 cm³/mol. The average Bonchev–Trinajstić information content (AvgIpc) is 2.23. The standard InChI is InChI=1S/C12H12N2O2/c1-8-4-3-5-10-11(8)13-7-14(12(10)16)6-9(2)15/h3-5,7H,6H2,1-2H3. The third-order valence-electron chi connectivity index (χ3n) is 2.45.